The van der Waals surface area contributed by atoms with Crippen molar-refractivity contribution < 1.29 is 9.59 Å². The molecule has 0 saturated carbocycles. The quantitative estimate of drug-likeness (QED) is 0.792. The summed E-state index contributed by atoms with van der Waals surface area (Å²) in [6, 6.07) is 7.67. The summed E-state index contributed by atoms with van der Waals surface area (Å²) in [4.78, 5) is 27.7. The number of carbonyl (C=O) groups excluding carboxylic acids is 2. The summed E-state index contributed by atoms with van der Waals surface area (Å²) in [6.45, 7) is 0.114. The molecule has 1 aliphatic rings. The molecule has 0 spiro atoms. The fourth-order valence-corrected chi connectivity index (χ4v) is 2.54. The van der Waals surface area contributed by atoms with E-state index in [2.05, 4.69) is 0 Å². The van der Waals surface area contributed by atoms with Crippen LogP contribution in [0.3, 0.4) is 0 Å². The smallest absolute Gasteiger partial charge is 0.242 e. The normalized spacial score (nSPS) is 14.5. The van der Waals surface area contributed by atoms with Gasteiger partial charge in [0.2, 0.25) is 11.8 Å². The number of rotatable bonds is 2. The number of anilines is 1. The Kier molecular flexibility index (Phi) is 3.38. The first-order valence-corrected chi connectivity index (χ1v) is 6.30. The SMILES string of the molecule is CN(C)C(=O)CN1C(=O)CSc2ccccc21. The van der Waals surface area contributed by atoms with Crippen molar-refractivity contribution in [2.24, 2.45) is 0 Å². The summed E-state index contributed by atoms with van der Waals surface area (Å²) in [7, 11) is 3.38. The predicted molar refractivity (Wildman–Crippen MR) is 68.2 cm³/mol. The minimum atomic E-state index is -0.0694. The molecule has 90 valence electrons. The van der Waals surface area contributed by atoms with Gasteiger partial charge in [-0.2, -0.15) is 0 Å². The number of para-hydroxylation sites is 1. The molecule has 1 aliphatic heterocycles. The molecule has 1 aromatic carbocycles. The standard InChI is InChI=1S/C12H14N2O2S/c1-13(2)11(15)7-14-9-5-3-4-6-10(9)17-8-12(14)16/h3-6H,7-8H2,1-2H3. The van der Waals surface area contributed by atoms with Crippen LogP contribution in [0.25, 0.3) is 0 Å². The van der Waals surface area contributed by atoms with Gasteiger partial charge in [-0.25, -0.2) is 0 Å². The third-order valence-electron chi connectivity index (χ3n) is 2.60. The van der Waals surface area contributed by atoms with Crippen LogP contribution in [-0.2, 0) is 9.59 Å². The number of hydrogen-bond acceptors (Lipinski definition) is 3. The van der Waals surface area contributed by atoms with E-state index in [1.54, 1.807) is 19.0 Å². The van der Waals surface area contributed by atoms with E-state index in [1.807, 2.05) is 24.3 Å². The van der Waals surface area contributed by atoms with E-state index in [0.717, 1.165) is 10.6 Å². The Morgan fingerprint density at radius 1 is 1.41 bits per heavy atom. The molecular formula is C12H14N2O2S. The van der Waals surface area contributed by atoms with Crippen LogP contribution in [0, 0.1) is 0 Å². The van der Waals surface area contributed by atoms with Crippen LogP contribution in [-0.4, -0.2) is 43.1 Å². The van der Waals surface area contributed by atoms with Gasteiger partial charge in [0, 0.05) is 19.0 Å². The van der Waals surface area contributed by atoms with Crippen molar-refractivity contribution in [3.05, 3.63) is 24.3 Å². The van der Waals surface area contributed by atoms with Gasteiger partial charge in [0.15, 0.2) is 0 Å². The van der Waals surface area contributed by atoms with Gasteiger partial charge in [0.1, 0.15) is 6.54 Å². The Morgan fingerprint density at radius 2 is 2.12 bits per heavy atom. The monoisotopic (exact) mass is 250 g/mol. The Hall–Kier alpha value is -1.49. The van der Waals surface area contributed by atoms with Gasteiger partial charge in [-0.05, 0) is 12.1 Å². The van der Waals surface area contributed by atoms with E-state index in [9.17, 15) is 9.59 Å². The molecule has 0 aromatic heterocycles. The van der Waals surface area contributed by atoms with Gasteiger partial charge < -0.3 is 9.80 Å². The highest BCUT2D eigenvalue weighted by molar-refractivity contribution is 8.00. The largest absolute Gasteiger partial charge is 0.347 e. The second-order valence-corrected chi connectivity index (χ2v) is 5.04. The van der Waals surface area contributed by atoms with Crippen molar-refractivity contribution in [3.8, 4) is 0 Å². The van der Waals surface area contributed by atoms with Crippen molar-refractivity contribution in [3.63, 3.8) is 0 Å². The molecule has 17 heavy (non-hydrogen) atoms. The molecule has 0 unspecified atom stereocenters. The number of amides is 2. The highest BCUT2D eigenvalue weighted by Crippen LogP contribution is 2.34. The molecule has 0 N–H and O–H groups in total. The van der Waals surface area contributed by atoms with Gasteiger partial charge in [-0.1, -0.05) is 12.1 Å². The number of fused-ring (bicyclic) bond motifs is 1. The molecule has 0 bridgehead atoms. The van der Waals surface area contributed by atoms with E-state index in [-0.39, 0.29) is 18.4 Å². The third kappa shape index (κ3) is 2.44. The summed E-state index contributed by atoms with van der Waals surface area (Å²) < 4.78 is 0. The molecule has 0 atom stereocenters. The van der Waals surface area contributed by atoms with Crippen LogP contribution in [0.1, 0.15) is 0 Å². The summed E-state index contributed by atoms with van der Waals surface area (Å²) in [5.74, 6) is 0.321. The Balaban J connectivity index is 2.27. The molecule has 2 rings (SSSR count). The van der Waals surface area contributed by atoms with E-state index in [1.165, 1.54) is 16.7 Å². The lowest BCUT2D eigenvalue weighted by molar-refractivity contribution is -0.128. The molecule has 4 nitrogen and oxygen atoms in total. The number of thioether (sulfide) groups is 1. The minimum Gasteiger partial charge on any atom is -0.347 e. The highest BCUT2D eigenvalue weighted by Gasteiger charge is 2.26. The van der Waals surface area contributed by atoms with Crippen LogP contribution in [0.2, 0.25) is 0 Å². The number of hydrogen-bond donors (Lipinski definition) is 0. The first-order chi connectivity index (χ1) is 8.09. The van der Waals surface area contributed by atoms with Crippen LogP contribution in [0.5, 0.6) is 0 Å². The lowest BCUT2D eigenvalue weighted by Gasteiger charge is -2.29. The first-order valence-electron chi connectivity index (χ1n) is 5.32. The zero-order valence-corrected chi connectivity index (χ0v) is 10.7. The maximum Gasteiger partial charge on any atom is 0.242 e. The van der Waals surface area contributed by atoms with Crippen molar-refractivity contribution in [2.75, 3.05) is 31.3 Å². The molecule has 0 saturated heterocycles. The second kappa shape index (κ2) is 4.79. The Labute approximate surface area is 105 Å². The van der Waals surface area contributed by atoms with Crippen LogP contribution < -0.4 is 4.90 Å². The van der Waals surface area contributed by atoms with Crippen molar-refractivity contribution in [2.45, 2.75) is 4.90 Å². The summed E-state index contributed by atoms with van der Waals surface area (Å²) >= 11 is 1.52. The molecule has 5 heteroatoms. The third-order valence-corrected chi connectivity index (χ3v) is 3.65. The first kappa shape index (κ1) is 12.0. The summed E-state index contributed by atoms with van der Waals surface area (Å²) in [5, 5.41) is 0. The van der Waals surface area contributed by atoms with Gasteiger partial charge in [-0.15, -0.1) is 11.8 Å². The fourth-order valence-electron chi connectivity index (χ4n) is 1.60. The molecular weight excluding hydrogens is 236 g/mol. The van der Waals surface area contributed by atoms with Gasteiger partial charge in [0.05, 0.1) is 11.4 Å². The number of carbonyl (C=O) groups is 2. The zero-order valence-electron chi connectivity index (χ0n) is 9.84. The summed E-state index contributed by atoms with van der Waals surface area (Å²) in [5.41, 5.74) is 0.837. The topological polar surface area (TPSA) is 40.6 Å². The zero-order chi connectivity index (χ0) is 12.4. The average Bonchev–Trinajstić information content (AvgIpc) is 2.32. The Morgan fingerprint density at radius 3 is 2.82 bits per heavy atom. The van der Waals surface area contributed by atoms with E-state index < -0.39 is 0 Å². The molecule has 0 fully saturated rings. The number of nitrogens with zero attached hydrogens (tertiary/aromatic N) is 2. The second-order valence-electron chi connectivity index (χ2n) is 4.02. The van der Waals surface area contributed by atoms with Gasteiger partial charge in [-0.3, -0.25) is 9.59 Å². The van der Waals surface area contributed by atoms with E-state index in [4.69, 9.17) is 0 Å². The predicted octanol–water partition coefficient (Wildman–Crippen LogP) is 1.21. The maximum absolute atomic E-state index is 11.8. The van der Waals surface area contributed by atoms with Crippen molar-refractivity contribution in [1.82, 2.24) is 4.90 Å². The fraction of sp³-hybridized carbons (Fsp3) is 0.333. The van der Waals surface area contributed by atoms with Gasteiger partial charge in [0.25, 0.3) is 0 Å². The molecule has 0 aliphatic carbocycles. The van der Waals surface area contributed by atoms with Crippen LogP contribution >= 0.6 is 11.8 Å². The Bertz CT molecular complexity index is 460. The average molecular weight is 250 g/mol. The summed E-state index contributed by atoms with van der Waals surface area (Å²) in [6.07, 6.45) is 0. The molecule has 1 aromatic rings. The molecule has 0 radical (unpaired) electrons. The number of benzene rings is 1. The van der Waals surface area contributed by atoms with E-state index in [0.29, 0.717) is 5.75 Å². The highest BCUT2D eigenvalue weighted by atomic mass is 32.2. The van der Waals surface area contributed by atoms with Crippen LogP contribution in [0.15, 0.2) is 29.2 Å². The molecule has 1 heterocycles. The van der Waals surface area contributed by atoms with Crippen LogP contribution in [0.4, 0.5) is 5.69 Å². The maximum atomic E-state index is 11.8. The van der Waals surface area contributed by atoms with Crippen molar-refractivity contribution >= 4 is 29.3 Å². The number of likely N-dealkylation sites (N-methyl/N-ethyl adjacent to an activating group) is 1. The molecule has 2 amide bonds. The van der Waals surface area contributed by atoms with E-state index >= 15 is 0 Å². The lowest BCUT2D eigenvalue weighted by Crippen LogP contribution is -2.42. The minimum absolute atomic E-state index is 0.0103. The van der Waals surface area contributed by atoms with Gasteiger partial charge >= 0.3 is 0 Å². The van der Waals surface area contributed by atoms with Crippen molar-refractivity contribution in [1.29, 1.82) is 0 Å². The lowest BCUT2D eigenvalue weighted by atomic mass is 10.2.